The van der Waals surface area contributed by atoms with Crippen LogP contribution >= 0.6 is 11.8 Å². The van der Waals surface area contributed by atoms with Gasteiger partial charge in [0.05, 0.1) is 6.61 Å². The lowest BCUT2D eigenvalue weighted by Gasteiger charge is -2.14. The third-order valence-electron chi connectivity index (χ3n) is 1.99. The molecule has 1 aromatic rings. The molecule has 1 heterocycles. The Bertz CT molecular complexity index is 279. The Balaban J connectivity index is 2.31. The smallest absolute Gasteiger partial charge is 0.185 e. The maximum absolute atomic E-state index is 9.13. The Kier molecular flexibility index (Phi) is 5.67. The summed E-state index contributed by atoms with van der Waals surface area (Å²) in [4.78, 5) is 4.11. The summed E-state index contributed by atoms with van der Waals surface area (Å²) in [6.07, 6.45) is 2.61. The number of nitrogens with one attached hydrogen (secondary N) is 1. The largest absolute Gasteiger partial charge is 0.395 e. The van der Waals surface area contributed by atoms with E-state index in [4.69, 9.17) is 5.11 Å². The van der Waals surface area contributed by atoms with Crippen molar-refractivity contribution in [2.75, 3.05) is 18.9 Å². The lowest BCUT2D eigenvalue weighted by atomic mass is 10.3. The summed E-state index contributed by atoms with van der Waals surface area (Å²) in [6, 6.07) is 0.131. The molecule has 0 amide bonds. The van der Waals surface area contributed by atoms with Crippen LogP contribution in [0.1, 0.15) is 13.3 Å². The number of aliphatic hydroxyl groups is 1. The monoisotopic (exact) mass is 230 g/mol. The van der Waals surface area contributed by atoms with Crippen LogP contribution in [0.15, 0.2) is 11.5 Å². The van der Waals surface area contributed by atoms with Crippen LogP contribution in [0.2, 0.25) is 0 Å². The van der Waals surface area contributed by atoms with Crippen molar-refractivity contribution < 1.29 is 5.11 Å². The van der Waals surface area contributed by atoms with Crippen molar-refractivity contribution in [2.45, 2.75) is 24.5 Å². The van der Waals surface area contributed by atoms with Gasteiger partial charge in [-0.25, -0.2) is 9.67 Å². The molecule has 6 heteroatoms. The van der Waals surface area contributed by atoms with Crippen LogP contribution in [0.25, 0.3) is 0 Å². The first kappa shape index (κ1) is 12.5. The Morgan fingerprint density at radius 1 is 1.67 bits per heavy atom. The van der Waals surface area contributed by atoms with E-state index in [0.717, 1.165) is 23.9 Å². The van der Waals surface area contributed by atoms with Crippen molar-refractivity contribution in [1.82, 2.24) is 20.1 Å². The molecule has 1 rings (SSSR count). The third kappa shape index (κ3) is 4.19. The molecule has 0 saturated carbocycles. The third-order valence-corrected chi connectivity index (χ3v) is 3.18. The Hall–Kier alpha value is -0.590. The lowest BCUT2D eigenvalue weighted by molar-refractivity contribution is 0.254. The second-order valence-corrected chi connectivity index (χ2v) is 4.30. The predicted octanol–water partition coefficient (Wildman–Crippen LogP) is 0.268. The van der Waals surface area contributed by atoms with Gasteiger partial charge in [-0.15, -0.1) is 0 Å². The van der Waals surface area contributed by atoms with Crippen molar-refractivity contribution >= 4 is 11.8 Å². The molecule has 1 unspecified atom stereocenters. The molecule has 1 atom stereocenters. The highest BCUT2D eigenvalue weighted by atomic mass is 32.2. The van der Waals surface area contributed by atoms with Gasteiger partial charge in [-0.05, 0) is 13.0 Å². The Morgan fingerprint density at radius 2 is 2.47 bits per heavy atom. The molecular formula is C9H18N4OS. The van der Waals surface area contributed by atoms with Gasteiger partial charge >= 0.3 is 0 Å². The zero-order chi connectivity index (χ0) is 11.1. The van der Waals surface area contributed by atoms with Crippen molar-refractivity contribution in [1.29, 1.82) is 0 Å². The molecule has 0 aliphatic heterocycles. The van der Waals surface area contributed by atoms with E-state index < -0.39 is 0 Å². The first-order valence-electron chi connectivity index (χ1n) is 5.09. The predicted molar refractivity (Wildman–Crippen MR) is 60.9 cm³/mol. The fourth-order valence-electron chi connectivity index (χ4n) is 1.12. The number of nitrogens with zero attached hydrogens (tertiary/aromatic N) is 3. The van der Waals surface area contributed by atoms with Gasteiger partial charge in [0.1, 0.15) is 6.33 Å². The maximum Gasteiger partial charge on any atom is 0.185 e. The van der Waals surface area contributed by atoms with Crippen LogP contribution in [-0.4, -0.2) is 44.8 Å². The van der Waals surface area contributed by atoms with Gasteiger partial charge in [-0.1, -0.05) is 18.7 Å². The molecular weight excluding hydrogens is 212 g/mol. The SMILES string of the molecule is CCCNC(CO)CSc1ncnn1C. The molecule has 2 N–H and O–H groups in total. The highest BCUT2D eigenvalue weighted by Crippen LogP contribution is 2.13. The van der Waals surface area contributed by atoms with Crippen LogP contribution in [0, 0.1) is 0 Å². The van der Waals surface area contributed by atoms with Crippen molar-refractivity contribution in [3.8, 4) is 0 Å². The van der Waals surface area contributed by atoms with E-state index in [1.54, 1.807) is 16.4 Å². The summed E-state index contributed by atoms with van der Waals surface area (Å²) in [7, 11) is 1.86. The summed E-state index contributed by atoms with van der Waals surface area (Å²) in [6.45, 7) is 3.20. The van der Waals surface area contributed by atoms with Crippen molar-refractivity contribution in [3.05, 3.63) is 6.33 Å². The fourth-order valence-corrected chi connectivity index (χ4v) is 2.05. The maximum atomic E-state index is 9.13. The second kappa shape index (κ2) is 6.81. The standard InChI is InChI=1S/C9H18N4OS/c1-3-4-10-8(5-14)6-15-9-11-7-12-13(9)2/h7-8,10,14H,3-6H2,1-2H3. The van der Waals surface area contributed by atoms with Gasteiger partial charge in [0, 0.05) is 18.8 Å². The molecule has 0 radical (unpaired) electrons. The molecule has 15 heavy (non-hydrogen) atoms. The van der Waals surface area contributed by atoms with Gasteiger partial charge in [0.2, 0.25) is 0 Å². The number of hydrogen-bond acceptors (Lipinski definition) is 5. The van der Waals surface area contributed by atoms with E-state index >= 15 is 0 Å². The van der Waals surface area contributed by atoms with Gasteiger partial charge < -0.3 is 10.4 Å². The van der Waals surface area contributed by atoms with Crippen molar-refractivity contribution in [2.24, 2.45) is 7.05 Å². The Labute approximate surface area is 94.3 Å². The molecule has 0 aliphatic carbocycles. The average molecular weight is 230 g/mol. The van der Waals surface area contributed by atoms with E-state index in [1.807, 2.05) is 7.05 Å². The molecule has 0 fully saturated rings. The summed E-state index contributed by atoms with van der Waals surface area (Å²) in [5, 5.41) is 17.3. The van der Waals surface area contributed by atoms with Crippen molar-refractivity contribution in [3.63, 3.8) is 0 Å². The molecule has 86 valence electrons. The van der Waals surface area contributed by atoms with E-state index in [-0.39, 0.29) is 12.6 Å². The topological polar surface area (TPSA) is 63.0 Å². The van der Waals surface area contributed by atoms with E-state index in [2.05, 4.69) is 22.3 Å². The number of rotatable bonds is 7. The minimum Gasteiger partial charge on any atom is -0.395 e. The van der Waals surface area contributed by atoms with E-state index in [1.165, 1.54) is 6.33 Å². The highest BCUT2D eigenvalue weighted by molar-refractivity contribution is 7.99. The molecule has 0 saturated heterocycles. The number of aliphatic hydroxyl groups excluding tert-OH is 1. The first-order valence-corrected chi connectivity index (χ1v) is 6.07. The number of aryl methyl sites for hydroxylation is 1. The van der Waals surface area contributed by atoms with Crippen LogP contribution < -0.4 is 5.32 Å². The molecule has 0 aliphatic rings. The van der Waals surface area contributed by atoms with Gasteiger partial charge in [0.15, 0.2) is 5.16 Å². The van der Waals surface area contributed by atoms with Crippen LogP contribution in [-0.2, 0) is 7.05 Å². The second-order valence-electron chi connectivity index (χ2n) is 3.31. The number of thioether (sulfide) groups is 1. The summed E-state index contributed by atoms with van der Waals surface area (Å²) < 4.78 is 1.74. The summed E-state index contributed by atoms with van der Waals surface area (Å²) >= 11 is 1.60. The van der Waals surface area contributed by atoms with Gasteiger partial charge in [-0.2, -0.15) is 5.10 Å². The quantitative estimate of drug-likeness (QED) is 0.658. The van der Waals surface area contributed by atoms with Crippen LogP contribution in [0.5, 0.6) is 0 Å². The van der Waals surface area contributed by atoms with Crippen LogP contribution in [0.4, 0.5) is 0 Å². The normalized spacial score (nSPS) is 13.0. The molecule has 0 bridgehead atoms. The molecule has 0 spiro atoms. The van der Waals surface area contributed by atoms with Gasteiger partial charge in [0.25, 0.3) is 0 Å². The number of hydrogen-bond donors (Lipinski definition) is 2. The zero-order valence-electron chi connectivity index (χ0n) is 9.18. The molecule has 0 aromatic carbocycles. The minimum atomic E-state index is 0.131. The fraction of sp³-hybridized carbons (Fsp3) is 0.778. The molecule has 5 nitrogen and oxygen atoms in total. The average Bonchev–Trinajstić information content (AvgIpc) is 2.65. The zero-order valence-corrected chi connectivity index (χ0v) is 10.00. The van der Waals surface area contributed by atoms with Gasteiger partial charge in [-0.3, -0.25) is 0 Å². The Morgan fingerprint density at radius 3 is 3.00 bits per heavy atom. The summed E-state index contributed by atoms with van der Waals surface area (Å²) in [5.74, 6) is 0.809. The van der Waals surface area contributed by atoms with Crippen LogP contribution in [0.3, 0.4) is 0 Å². The van der Waals surface area contributed by atoms with E-state index in [9.17, 15) is 0 Å². The minimum absolute atomic E-state index is 0.131. The summed E-state index contributed by atoms with van der Waals surface area (Å²) in [5.41, 5.74) is 0. The highest BCUT2D eigenvalue weighted by Gasteiger charge is 2.08. The lowest BCUT2D eigenvalue weighted by Crippen LogP contribution is -2.35. The molecule has 1 aromatic heterocycles. The number of aromatic nitrogens is 3. The first-order chi connectivity index (χ1) is 7.27. The van der Waals surface area contributed by atoms with E-state index in [0.29, 0.717) is 0 Å².